The van der Waals surface area contributed by atoms with Crippen LogP contribution in [0.5, 0.6) is 11.5 Å². The van der Waals surface area contributed by atoms with Gasteiger partial charge in [0, 0.05) is 17.4 Å². The number of benzene rings is 1. The van der Waals surface area contributed by atoms with Crippen molar-refractivity contribution >= 4 is 5.97 Å². The average molecular weight is 302 g/mol. The molecule has 1 aromatic carbocycles. The zero-order valence-electron chi connectivity index (χ0n) is 13.4. The highest BCUT2D eigenvalue weighted by atomic mass is 16.5. The van der Waals surface area contributed by atoms with Crippen molar-refractivity contribution in [2.24, 2.45) is 5.92 Å². The second-order valence-corrected chi connectivity index (χ2v) is 7.02. The summed E-state index contributed by atoms with van der Waals surface area (Å²) in [6.07, 6.45) is 4.16. The van der Waals surface area contributed by atoms with Crippen molar-refractivity contribution in [3.05, 3.63) is 34.4 Å². The molecule has 0 bridgehead atoms. The van der Waals surface area contributed by atoms with Gasteiger partial charge in [-0.15, -0.1) is 0 Å². The van der Waals surface area contributed by atoms with E-state index in [1.807, 2.05) is 0 Å². The van der Waals surface area contributed by atoms with Crippen LogP contribution >= 0.6 is 0 Å². The molecule has 2 N–H and O–H groups in total. The summed E-state index contributed by atoms with van der Waals surface area (Å²) >= 11 is 0. The average Bonchev–Trinajstić information content (AvgIpc) is 2.35. The van der Waals surface area contributed by atoms with E-state index < -0.39 is 5.97 Å². The summed E-state index contributed by atoms with van der Waals surface area (Å²) in [7, 11) is 0. The van der Waals surface area contributed by atoms with Crippen LogP contribution in [0.1, 0.15) is 61.0 Å². The molecule has 22 heavy (non-hydrogen) atoms. The molecule has 0 fully saturated rings. The molecule has 0 saturated heterocycles. The highest BCUT2D eigenvalue weighted by Gasteiger charge is 2.46. The Morgan fingerprint density at radius 2 is 2.05 bits per heavy atom. The fourth-order valence-corrected chi connectivity index (χ4v) is 3.95. The summed E-state index contributed by atoms with van der Waals surface area (Å²) in [6, 6.07) is 1.74. The van der Waals surface area contributed by atoms with Gasteiger partial charge in [-0.05, 0) is 52.2 Å². The molecular weight excluding hydrogens is 280 g/mol. The van der Waals surface area contributed by atoms with Crippen LogP contribution in [-0.4, -0.2) is 21.8 Å². The molecule has 0 aromatic heterocycles. The van der Waals surface area contributed by atoms with E-state index in [0.717, 1.165) is 12.8 Å². The van der Waals surface area contributed by atoms with Crippen molar-refractivity contribution in [3.8, 4) is 11.5 Å². The Bertz CT molecular complexity index is 685. The molecule has 0 amide bonds. The number of carbonyl (C=O) groups is 1. The molecule has 2 atom stereocenters. The standard InChI is InChI=1S/C18H22O4/c1-9-5-6-12-11(7-9)15-13(22-18(12,3)4)8-10(2)14(16(15)19)17(20)21/h7-8,11-12,19H,5-6H2,1-4H3,(H,20,21). The highest BCUT2D eigenvalue weighted by Crippen LogP contribution is 2.54. The van der Waals surface area contributed by atoms with Crippen molar-refractivity contribution in [3.63, 3.8) is 0 Å². The molecule has 118 valence electrons. The van der Waals surface area contributed by atoms with E-state index >= 15 is 0 Å². The molecule has 4 heteroatoms. The number of carboxylic acids is 1. The minimum Gasteiger partial charge on any atom is -0.507 e. The van der Waals surface area contributed by atoms with Gasteiger partial charge in [-0.25, -0.2) is 4.79 Å². The van der Waals surface area contributed by atoms with Gasteiger partial charge in [-0.1, -0.05) is 11.6 Å². The maximum Gasteiger partial charge on any atom is 0.339 e. The van der Waals surface area contributed by atoms with Crippen molar-refractivity contribution in [1.29, 1.82) is 0 Å². The van der Waals surface area contributed by atoms with Gasteiger partial charge < -0.3 is 14.9 Å². The number of phenols is 1. The Hall–Kier alpha value is -1.97. The summed E-state index contributed by atoms with van der Waals surface area (Å²) in [5, 5.41) is 20.0. The third-order valence-corrected chi connectivity index (χ3v) is 5.06. The smallest absolute Gasteiger partial charge is 0.339 e. The molecule has 1 aromatic rings. The van der Waals surface area contributed by atoms with Crippen molar-refractivity contribution in [2.45, 2.75) is 52.1 Å². The van der Waals surface area contributed by atoms with Gasteiger partial charge in [0.15, 0.2) is 0 Å². The molecule has 1 heterocycles. The fourth-order valence-electron chi connectivity index (χ4n) is 3.95. The highest BCUT2D eigenvalue weighted by molar-refractivity contribution is 5.93. The predicted molar refractivity (Wildman–Crippen MR) is 83.7 cm³/mol. The van der Waals surface area contributed by atoms with Crippen LogP contribution in [0, 0.1) is 12.8 Å². The number of hydrogen-bond donors (Lipinski definition) is 2. The third-order valence-electron chi connectivity index (χ3n) is 5.06. The molecule has 0 spiro atoms. The van der Waals surface area contributed by atoms with Crippen LogP contribution in [0.2, 0.25) is 0 Å². The maximum absolute atomic E-state index is 11.5. The topological polar surface area (TPSA) is 66.8 Å². The lowest BCUT2D eigenvalue weighted by Gasteiger charge is -2.46. The van der Waals surface area contributed by atoms with Gasteiger partial charge in [-0.2, -0.15) is 0 Å². The molecule has 4 nitrogen and oxygen atoms in total. The van der Waals surface area contributed by atoms with Gasteiger partial charge >= 0.3 is 5.97 Å². The van der Waals surface area contributed by atoms with Crippen molar-refractivity contribution in [2.75, 3.05) is 0 Å². The number of rotatable bonds is 1. The van der Waals surface area contributed by atoms with Crippen LogP contribution < -0.4 is 4.74 Å². The molecule has 2 unspecified atom stereocenters. The summed E-state index contributed by atoms with van der Waals surface area (Å²) in [5.74, 6) is -0.392. The second kappa shape index (κ2) is 4.77. The summed E-state index contributed by atoms with van der Waals surface area (Å²) < 4.78 is 6.14. The van der Waals surface area contributed by atoms with Crippen LogP contribution in [0.4, 0.5) is 0 Å². The summed E-state index contributed by atoms with van der Waals surface area (Å²) in [5.41, 5.74) is 2.08. The van der Waals surface area contributed by atoms with Gasteiger partial charge in [0.05, 0.1) is 0 Å². The van der Waals surface area contributed by atoms with E-state index in [4.69, 9.17) is 4.74 Å². The molecule has 0 radical (unpaired) electrons. The first-order chi connectivity index (χ1) is 10.2. The quantitative estimate of drug-likeness (QED) is 0.769. The van der Waals surface area contributed by atoms with E-state index in [9.17, 15) is 15.0 Å². The SMILES string of the molecule is CC1=CC2c3c(cc(C)c(C(=O)O)c3O)OC(C)(C)C2CC1. The molecular formula is C18H22O4. The van der Waals surface area contributed by atoms with E-state index in [1.54, 1.807) is 13.0 Å². The van der Waals surface area contributed by atoms with Crippen molar-refractivity contribution < 1.29 is 19.7 Å². The number of aromatic hydroxyl groups is 1. The fraction of sp³-hybridized carbons (Fsp3) is 0.500. The summed E-state index contributed by atoms with van der Waals surface area (Å²) in [4.78, 5) is 11.5. The molecule has 1 aliphatic carbocycles. The molecule has 1 aliphatic heterocycles. The minimum atomic E-state index is -1.10. The number of hydrogen-bond acceptors (Lipinski definition) is 3. The Kier molecular flexibility index (Phi) is 3.24. The number of aromatic carboxylic acids is 1. The van der Waals surface area contributed by atoms with E-state index in [1.165, 1.54) is 5.57 Å². The number of allylic oxidation sites excluding steroid dienone is 2. The van der Waals surface area contributed by atoms with E-state index in [0.29, 0.717) is 16.9 Å². The zero-order chi connectivity index (χ0) is 16.2. The van der Waals surface area contributed by atoms with Gasteiger partial charge in [-0.3, -0.25) is 0 Å². The summed E-state index contributed by atoms with van der Waals surface area (Å²) in [6.45, 7) is 7.91. The van der Waals surface area contributed by atoms with Crippen molar-refractivity contribution in [1.82, 2.24) is 0 Å². The Balaban J connectivity index is 2.28. The van der Waals surface area contributed by atoms with Crippen LogP contribution in [0.15, 0.2) is 17.7 Å². The third kappa shape index (κ3) is 2.09. The Morgan fingerprint density at radius 1 is 1.36 bits per heavy atom. The number of ether oxygens (including phenoxy) is 1. The maximum atomic E-state index is 11.5. The number of fused-ring (bicyclic) bond motifs is 3. The number of aryl methyl sites for hydroxylation is 1. The zero-order valence-corrected chi connectivity index (χ0v) is 13.4. The molecule has 3 rings (SSSR count). The number of carboxylic acid groups (broad SMARTS) is 1. The van der Waals surface area contributed by atoms with Gasteiger partial charge in [0.25, 0.3) is 0 Å². The lowest BCUT2D eigenvalue weighted by Crippen LogP contribution is -2.45. The second-order valence-electron chi connectivity index (χ2n) is 7.02. The van der Waals surface area contributed by atoms with Crippen LogP contribution in [-0.2, 0) is 0 Å². The normalized spacial score (nSPS) is 25.5. The predicted octanol–water partition coefficient (Wildman–Crippen LogP) is 4.01. The largest absolute Gasteiger partial charge is 0.507 e. The van der Waals surface area contributed by atoms with Gasteiger partial charge in [0.1, 0.15) is 22.7 Å². The van der Waals surface area contributed by atoms with E-state index in [-0.39, 0.29) is 28.7 Å². The lowest BCUT2D eigenvalue weighted by atomic mass is 9.67. The molecule has 2 aliphatic rings. The first kappa shape index (κ1) is 14.9. The van der Waals surface area contributed by atoms with E-state index in [2.05, 4.69) is 26.8 Å². The first-order valence-electron chi connectivity index (χ1n) is 7.68. The molecule has 0 saturated carbocycles. The minimum absolute atomic E-state index is 0.00574. The first-order valence-corrected chi connectivity index (χ1v) is 7.68. The monoisotopic (exact) mass is 302 g/mol. The van der Waals surface area contributed by atoms with Gasteiger partial charge in [0.2, 0.25) is 0 Å². The van der Waals surface area contributed by atoms with Crippen LogP contribution in [0.25, 0.3) is 0 Å². The Morgan fingerprint density at radius 3 is 2.68 bits per heavy atom. The van der Waals surface area contributed by atoms with Crippen LogP contribution in [0.3, 0.4) is 0 Å². The Labute approximate surface area is 130 Å². The lowest BCUT2D eigenvalue weighted by molar-refractivity contribution is 0.0107.